The van der Waals surface area contributed by atoms with Gasteiger partial charge >= 0.3 is 0 Å². The SMILES string of the molecule is CCOC(=S)SC(CCc1cccc(Cl)n1)CNS(=O)(=O)c1ccc(Cl)cc1. The van der Waals surface area contributed by atoms with E-state index in [1.165, 1.54) is 36.0 Å². The summed E-state index contributed by atoms with van der Waals surface area (Å²) in [4.78, 5) is 4.42. The molecule has 0 radical (unpaired) electrons. The van der Waals surface area contributed by atoms with Crippen LogP contribution in [0.25, 0.3) is 0 Å². The number of aryl methyl sites for hydroxylation is 1. The summed E-state index contributed by atoms with van der Waals surface area (Å²) in [6.45, 7) is 2.51. The van der Waals surface area contributed by atoms with Gasteiger partial charge in [0.25, 0.3) is 0 Å². The van der Waals surface area contributed by atoms with E-state index in [1.807, 2.05) is 19.1 Å². The zero-order valence-electron chi connectivity index (χ0n) is 15.1. The van der Waals surface area contributed by atoms with Gasteiger partial charge in [0.2, 0.25) is 14.4 Å². The van der Waals surface area contributed by atoms with Gasteiger partial charge in [-0.05, 0) is 68.4 Å². The summed E-state index contributed by atoms with van der Waals surface area (Å²) in [5, 5.41) is 0.778. The normalized spacial score (nSPS) is 12.5. The maximum Gasteiger partial charge on any atom is 0.240 e. The molecule has 0 aliphatic heterocycles. The number of nitrogens with zero attached hydrogens (tertiary/aromatic N) is 1. The molecule has 0 saturated heterocycles. The zero-order chi connectivity index (χ0) is 20.6. The Morgan fingerprint density at radius 1 is 1.25 bits per heavy atom. The highest BCUT2D eigenvalue weighted by Crippen LogP contribution is 2.21. The van der Waals surface area contributed by atoms with Crippen molar-refractivity contribution in [2.24, 2.45) is 0 Å². The molecule has 10 heteroatoms. The predicted octanol–water partition coefficient (Wildman–Crippen LogP) is 4.72. The molecule has 2 aromatic rings. The van der Waals surface area contributed by atoms with E-state index in [2.05, 4.69) is 9.71 Å². The van der Waals surface area contributed by atoms with Crippen molar-refractivity contribution in [1.29, 1.82) is 0 Å². The fourth-order valence-electron chi connectivity index (χ4n) is 2.29. The van der Waals surface area contributed by atoms with Crippen molar-refractivity contribution >= 4 is 61.6 Å². The molecule has 1 aromatic heterocycles. The second-order valence-corrected chi connectivity index (χ2v) is 10.2. The molecule has 0 saturated carbocycles. The van der Waals surface area contributed by atoms with Gasteiger partial charge in [0.05, 0.1) is 11.5 Å². The third-order valence-electron chi connectivity index (χ3n) is 3.65. The van der Waals surface area contributed by atoms with E-state index >= 15 is 0 Å². The molecule has 152 valence electrons. The summed E-state index contributed by atoms with van der Waals surface area (Å²) in [6.07, 6.45) is 1.28. The van der Waals surface area contributed by atoms with Crippen molar-refractivity contribution in [1.82, 2.24) is 9.71 Å². The molecule has 1 unspecified atom stereocenters. The van der Waals surface area contributed by atoms with Crippen LogP contribution in [0, 0.1) is 0 Å². The Balaban J connectivity index is 2.03. The fourth-order valence-corrected chi connectivity index (χ4v) is 5.17. The summed E-state index contributed by atoms with van der Waals surface area (Å²) in [6, 6.07) is 11.4. The highest BCUT2D eigenvalue weighted by Gasteiger charge is 2.19. The number of rotatable bonds is 9. The first-order valence-corrected chi connectivity index (χ1v) is 12.0. The molecular formula is C18H20Cl2N2O3S3. The fraction of sp³-hybridized carbons (Fsp3) is 0.333. The van der Waals surface area contributed by atoms with Crippen LogP contribution in [0.15, 0.2) is 47.4 Å². The lowest BCUT2D eigenvalue weighted by Gasteiger charge is -2.17. The minimum Gasteiger partial charge on any atom is -0.479 e. The Labute approximate surface area is 185 Å². The average molecular weight is 479 g/mol. The summed E-state index contributed by atoms with van der Waals surface area (Å²) < 4.78 is 33.4. The van der Waals surface area contributed by atoms with Crippen molar-refractivity contribution in [3.05, 3.63) is 58.3 Å². The molecule has 0 amide bonds. The van der Waals surface area contributed by atoms with Gasteiger partial charge in [0.1, 0.15) is 5.15 Å². The molecule has 1 heterocycles. The van der Waals surface area contributed by atoms with Crippen LogP contribution >= 0.6 is 47.2 Å². The Morgan fingerprint density at radius 3 is 2.61 bits per heavy atom. The van der Waals surface area contributed by atoms with Crippen molar-refractivity contribution < 1.29 is 13.2 Å². The molecule has 1 atom stereocenters. The molecule has 0 aliphatic rings. The predicted molar refractivity (Wildman–Crippen MR) is 120 cm³/mol. The maximum absolute atomic E-state index is 12.5. The molecule has 0 fully saturated rings. The molecule has 28 heavy (non-hydrogen) atoms. The van der Waals surface area contributed by atoms with Crippen molar-refractivity contribution in [2.75, 3.05) is 13.2 Å². The van der Waals surface area contributed by atoms with Gasteiger partial charge in [-0.15, -0.1) is 0 Å². The molecule has 0 spiro atoms. The molecule has 0 bridgehead atoms. The number of hydrogen-bond acceptors (Lipinski definition) is 6. The van der Waals surface area contributed by atoms with E-state index in [0.717, 1.165) is 5.69 Å². The molecule has 2 rings (SSSR count). The van der Waals surface area contributed by atoms with Crippen molar-refractivity contribution in [3.63, 3.8) is 0 Å². The van der Waals surface area contributed by atoms with E-state index in [9.17, 15) is 8.42 Å². The van der Waals surface area contributed by atoms with Gasteiger partial charge in [0, 0.05) is 22.5 Å². The Bertz CT molecular complexity index is 893. The van der Waals surface area contributed by atoms with E-state index in [1.54, 1.807) is 6.07 Å². The van der Waals surface area contributed by atoms with E-state index < -0.39 is 10.0 Å². The first-order chi connectivity index (χ1) is 13.3. The smallest absolute Gasteiger partial charge is 0.240 e. The van der Waals surface area contributed by atoms with Crippen molar-refractivity contribution in [2.45, 2.75) is 29.9 Å². The van der Waals surface area contributed by atoms with E-state index in [4.69, 9.17) is 40.2 Å². The van der Waals surface area contributed by atoms with Crippen LogP contribution in [0.1, 0.15) is 19.0 Å². The standard InChI is InChI=1S/C18H20Cl2N2O3S3/c1-2-25-18(26)27-15(9-8-14-4-3-5-17(20)22-14)12-21-28(23,24)16-10-6-13(19)7-11-16/h3-7,10-11,15,21H,2,8-9,12H2,1H3. The summed E-state index contributed by atoms with van der Waals surface area (Å²) in [7, 11) is -3.65. The summed E-state index contributed by atoms with van der Waals surface area (Å²) in [5.74, 6) is 0. The van der Waals surface area contributed by atoms with E-state index in [0.29, 0.717) is 34.0 Å². The molecular weight excluding hydrogens is 459 g/mol. The third-order valence-corrected chi connectivity index (χ3v) is 7.00. The Kier molecular flexibility index (Phi) is 9.46. The number of thiocarbonyl (C=S) groups is 1. The Hall–Kier alpha value is -0.900. The number of halogens is 2. The number of nitrogens with one attached hydrogen (secondary N) is 1. The van der Waals surface area contributed by atoms with Gasteiger partial charge in [-0.1, -0.05) is 41.0 Å². The minimum absolute atomic E-state index is 0.123. The number of thioether (sulfide) groups is 1. The Morgan fingerprint density at radius 2 is 1.96 bits per heavy atom. The summed E-state index contributed by atoms with van der Waals surface area (Å²) >= 11 is 18.3. The quantitative estimate of drug-likeness (QED) is 0.415. The van der Waals surface area contributed by atoms with Gasteiger partial charge in [-0.2, -0.15) is 0 Å². The van der Waals surface area contributed by atoms with Gasteiger partial charge in [0.15, 0.2) is 0 Å². The lowest BCUT2D eigenvalue weighted by Crippen LogP contribution is -2.31. The van der Waals surface area contributed by atoms with Gasteiger partial charge < -0.3 is 4.74 Å². The molecule has 1 N–H and O–H groups in total. The van der Waals surface area contributed by atoms with Crippen LogP contribution in [0.2, 0.25) is 10.2 Å². The molecule has 5 nitrogen and oxygen atoms in total. The zero-order valence-corrected chi connectivity index (χ0v) is 19.1. The number of pyridine rings is 1. The van der Waals surface area contributed by atoms with E-state index in [-0.39, 0.29) is 16.7 Å². The van der Waals surface area contributed by atoms with Crippen LogP contribution in [0.3, 0.4) is 0 Å². The second-order valence-electron chi connectivity index (χ2n) is 5.72. The van der Waals surface area contributed by atoms with Gasteiger partial charge in [-0.3, -0.25) is 0 Å². The highest BCUT2D eigenvalue weighted by molar-refractivity contribution is 8.23. The van der Waals surface area contributed by atoms with Crippen LogP contribution in [-0.2, 0) is 21.2 Å². The van der Waals surface area contributed by atoms with Crippen LogP contribution < -0.4 is 4.72 Å². The minimum atomic E-state index is -3.65. The van der Waals surface area contributed by atoms with Gasteiger partial charge in [-0.25, -0.2) is 18.1 Å². The number of ether oxygens (including phenoxy) is 1. The van der Waals surface area contributed by atoms with Crippen LogP contribution in [-0.4, -0.2) is 36.2 Å². The summed E-state index contributed by atoms with van der Waals surface area (Å²) in [5.41, 5.74) is 0.834. The number of aromatic nitrogens is 1. The first kappa shape index (κ1) is 23.4. The number of hydrogen-bond donors (Lipinski definition) is 1. The largest absolute Gasteiger partial charge is 0.479 e. The van der Waals surface area contributed by atoms with Crippen LogP contribution in [0.4, 0.5) is 0 Å². The lowest BCUT2D eigenvalue weighted by atomic mass is 10.2. The number of benzene rings is 1. The number of sulfonamides is 1. The molecule has 0 aliphatic carbocycles. The topological polar surface area (TPSA) is 68.3 Å². The average Bonchev–Trinajstić information content (AvgIpc) is 2.64. The second kappa shape index (κ2) is 11.3. The lowest BCUT2D eigenvalue weighted by molar-refractivity contribution is 0.346. The monoisotopic (exact) mass is 478 g/mol. The maximum atomic E-state index is 12.5. The highest BCUT2D eigenvalue weighted by atomic mass is 35.5. The van der Waals surface area contributed by atoms with Crippen molar-refractivity contribution in [3.8, 4) is 0 Å². The van der Waals surface area contributed by atoms with Crippen LogP contribution in [0.5, 0.6) is 0 Å². The third kappa shape index (κ3) is 7.85. The first-order valence-electron chi connectivity index (χ1n) is 8.50. The molecule has 1 aromatic carbocycles.